The van der Waals surface area contributed by atoms with Crippen LogP contribution in [0.2, 0.25) is 0 Å². The Balaban J connectivity index is 2.34. The van der Waals surface area contributed by atoms with Gasteiger partial charge in [-0.15, -0.1) is 11.6 Å². The van der Waals surface area contributed by atoms with E-state index in [1.807, 2.05) is 0 Å². The Labute approximate surface area is 97.4 Å². The van der Waals surface area contributed by atoms with Crippen molar-refractivity contribution in [1.82, 2.24) is 9.55 Å². The van der Waals surface area contributed by atoms with E-state index in [1.54, 1.807) is 4.57 Å². The Morgan fingerprint density at radius 3 is 3.12 bits per heavy atom. The third-order valence-electron chi connectivity index (χ3n) is 2.56. The highest BCUT2D eigenvalue weighted by Crippen LogP contribution is 2.11. The summed E-state index contributed by atoms with van der Waals surface area (Å²) < 4.78 is 1.62. The number of rotatable bonds is 2. The normalized spacial score (nSPS) is 14.3. The molecule has 86 valence electrons. The van der Waals surface area contributed by atoms with Crippen LogP contribution in [0.4, 0.5) is 5.69 Å². The number of nitrogens with zero attached hydrogens (tertiary/aromatic N) is 2. The molecular formula is C10H12ClN3O2. The maximum absolute atomic E-state index is 11.9. The topological polar surface area (TPSA) is 64.0 Å². The molecule has 0 fully saturated rings. The highest BCUT2D eigenvalue weighted by molar-refractivity contribution is 6.29. The molecule has 0 spiro atoms. The second kappa shape index (κ2) is 4.65. The molecule has 0 atom stereocenters. The van der Waals surface area contributed by atoms with Crippen molar-refractivity contribution < 1.29 is 4.79 Å². The van der Waals surface area contributed by atoms with Gasteiger partial charge >= 0.3 is 0 Å². The summed E-state index contributed by atoms with van der Waals surface area (Å²) in [6, 6.07) is 0. The predicted octanol–water partition coefficient (Wildman–Crippen LogP) is 0.757. The van der Waals surface area contributed by atoms with Crippen molar-refractivity contribution in [2.24, 2.45) is 0 Å². The number of anilines is 1. The molecule has 1 aromatic rings. The van der Waals surface area contributed by atoms with Gasteiger partial charge in [0.1, 0.15) is 17.4 Å². The molecule has 0 aliphatic carbocycles. The van der Waals surface area contributed by atoms with Crippen molar-refractivity contribution in [2.75, 3.05) is 11.2 Å². The number of carbonyl (C=O) groups excluding carboxylic acids is 1. The Hall–Kier alpha value is -1.36. The quantitative estimate of drug-likeness (QED) is 0.778. The fourth-order valence-corrected chi connectivity index (χ4v) is 1.85. The zero-order valence-corrected chi connectivity index (χ0v) is 9.46. The second-order valence-electron chi connectivity index (χ2n) is 3.68. The van der Waals surface area contributed by atoms with Crippen LogP contribution in [0.3, 0.4) is 0 Å². The summed E-state index contributed by atoms with van der Waals surface area (Å²) in [5, 5.41) is 2.44. The van der Waals surface area contributed by atoms with Crippen molar-refractivity contribution in [2.45, 2.75) is 25.8 Å². The minimum atomic E-state index is -0.392. The third kappa shape index (κ3) is 2.09. The van der Waals surface area contributed by atoms with Crippen molar-refractivity contribution in [3.05, 3.63) is 22.4 Å². The van der Waals surface area contributed by atoms with E-state index < -0.39 is 5.91 Å². The standard InChI is InChI=1S/C10H12ClN3O2/c11-5-9(15)13-7-6-12-8-3-1-2-4-14(8)10(7)16/h6H,1-5H2,(H,13,15). The smallest absolute Gasteiger partial charge is 0.277 e. The van der Waals surface area contributed by atoms with Gasteiger partial charge in [0.15, 0.2) is 0 Å². The number of hydrogen-bond donors (Lipinski definition) is 1. The molecule has 0 bridgehead atoms. The van der Waals surface area contributed by atoms with E-state index in [-0.39, 0.29) is 17.1 Å². The van der Waals surface area contributed by atoms with E-state index in [1.165, 1.54) is 6.20 Å². The van der Waals surface area contributed by atoms with E-state index in [0.717, 1.165) is 25.1 Å². The molecule has 6 heteroatoms. The van der Waals surface area contributed by atoms with Gasteiger partial charge in [-0.3, -0.25) is 14.2 Å². The first kappa shape index (κ1) is 11.1. The van der Waals surface area contributed by atoms with Gasteiger partial charge in [0.05, 0.1) is 6.20 Å². The molecule has 16 heavy (non-hydrogen) atoms. The van der Waals surface area contributed by atoms with Crippen molar-refractivity contribution >= 4 is 23.2 Å². The Kier molecular flexibility index (Phi) is 3.24. The molecule has 2 heterocycles. The van der Waals surface area contributed by atoms with Gasteiger partial charge in [-0.05, 0) is 12.8 Å². The molecule has 0 radical (unpaired) electrons. The number of halogens is 1. The minimum Gasteiger partial charge on any atom is -0.319 e. The molecule has 1 aliphatic heterocycles. The van der Waals surface area contributed by atoms with Crippen LogP contribution in [0, 0.1) is 0 Å². The lowest BCUT2D eigenvalue weighted by atomic mass is 10.1. The zero-order chi connectivity index (χ0) is 11.5. The first-order valence-electron chi connectivity index (χ1n) is 5.17. The zero-order valence-electron chi connectivity index (χ0n) is 8.70. The fraction of sp³-hybridized carbons (Fsp3) is 0.500. The molecule has 1 aliphatic rings. The number of carbonyl (C=O) groups is 1. The molecule has 5 nitrogen and oxygen atoms in total. The summed E-state index contributed by atoms with van der Waals surface area (Å²) in [7, 11) is 0. The first-order valence-corrected chi connectivity index (χ1v) is 5.70. The summed E-state index contributed by atoms with van der Waals surface area (Å²) in [4.78, 5) is 27.2. The Morgan fingerprint density at radius 1 is 1.56 bits per heavy atom. The van der Waals surface area contributed by atoms with Gasteiger partial charge in [-0.25, -0.2) is 4.98 Å². The van der Waals surface area contributed by atoms with Gasteiger partial charge in [-0.2, -0.15) is 0 Å². The third-order valence-corrected chi connectivity index (χ3v) is 2.80. The van der Waals surface area contributed by atoms with E-state index >= 15 is 0 Å². The monoisotopic (exact) mass is 241 g/mol. The Morgan fingerprint density at radius 2 is 2.38 bits per heavy atom. The van der Waals surface area contributed by atoms with E-state index in [2.05, 4.69) is 10.3 Å². The fourth-order valence-electron chi connectivity index (χ4n) is 1.78. The number of aryl methyl sites for hydroxylation is 1. The largest absolute Gasteiger partial charge is 0.319 e. The van der Waals surface area contributed by atoms with Gasteiger partial charge < -0.3 is 5.32 Å². The lowest BCUT2D eigenvalue weighted by Crippen LogP contribution is -2.31. The first-order chi connectivity index (χ1) is 7.72. The second-order valence-corrected chi connectivity index (χ2v) is 3.95. The molecule has 1 N–H and O–H groups in total. The van der Waals surface area contributed by atoms with Crippen LogP contribution in [0.5, 0.6) is 0 Å². The number of amides is 1. The van der Waals surface area contributed by atoms with Gasteiger partial charge in [0.2, 0.25) is 5.91 Å². The van der Waals surface area contributed by atoms with Crippen LogP contribution in [-0.4, -0.2) is 21.3 Å². The summed E-state index contributed by atoms with van der Waals surface area (Å²) in [6.07, 6.45) is 4.25. The Bertz CT molecular complexity index is 470. The highest BCUT2D eigenvalue weighted by Gasteiger charge is 2.14. The van der Waals surface area contributed by atoms with Gasteiger partial charge in [0, 0.05) is 13.0 Å². The van der Waals surface area contributed by atoms with Crippen LogP contribution in [0.25, 0.3) is 0 Å². The van der Waals surface area contributed by atoms with Crippen LogP contribution >= 0.6 is 11.6 Å². The predicted molar refractivity (Wildman–Crippen MR) is 60.8 cm³/mol. The SMILES string of the molecule is O=C(CCl)Nc1cnc2n(c1=O)CCCC2. The van der Waals surface area contributed by atoms with E-state index in [9.17, 15) is 9.59 Å². The lowest BCUT2D eigenvalue weighted by Gasteiger charge is -2.17. The van der Waals surface area contributed by atoms with Gasteiger partial charge in [-0.1, -0.05) is 0 Å². The van der Waals surface area contributed by atoms with Crippen LogP contribution in [0.1, 0.15) is 18.7 Å². The minimum absolute atomic E-state index is 0.165. The highest BCUT2D eigenvalue weighted by atomic mass is 35.5. The molecule has 1 amide bonds. The average Bonchev–Trinajstić information content (AvgIpc) is 2.33. The van der Waals surface area contributed by atoms with Crippen LogP contribution in [0.15, 0.2) is 11.0 Å². The lowest BCUT2D eigenvalue weighted by molar-refractivity contribution is -0.113. The van der Waals surface area contributed by atoms with Crippen LogP contribution in [-0.2, 0) is 17.8 Å². The summed E-state index contributed by atoms with van der Waals surface area (Å²) in [5.41, 5.74) is 0.0134. The average molecular weight is 242 g/mol. The molecule has 0 aromatic carbocycles. The molecule has 0 saturated heterocycles. The molecule has 0 unspecified atom stereocenters. The molecule has 1 aromatic heterocycles. The summed E-state index contributed by atoms with van der Waals surface area (Å²) >= 11 is 5.36. The maximum Gasteiger partial charge on any atom is 0.277 e. The number of alkyl halides is 1. The number of hydrogen-bond acceptors (Lipinski definition) is 3. The molecule has 2 rings (SSSR count). The number of nitrogens with one attached hydrogen (secondary N) is 1. The summed E-state index contributed by atoms with van der Waals surface area (Å²) in [5.74, 6) is 0.235. The molecule has 0 saturated carbocycles. The van der Waals surface area contributed by atoms with E-state index in [0.29, 0.717) is 6.54 Å². The number of fused-ring (bicyclic) bond motifs is 1. The van der Waals surface area contributed by atoms with Crippen molar-refractivity contribution in [3.63, 3.8) is 0 Å². The number of aromatic nitrogens is 2. The maximum atomic E-state index is 11.9. The van der Waals surface area contributed by atoms with E-state index in [4.69, 9.17) is 11.6 Å². The summed E-state index contributed by atoms with van der Waals surface area (Å²) in [6.45, 7) is 0.672. The molecular weight excluding hydrogens is 230 g/mol. The van der Waals surface area contributed by atoms with Crippen molar-refractivity contribution in [1.29, 1.82) is 0 Å². The van der Waals surface area contributed by atoms with Gasteiger partial charge in [0.25, 0.3) is 5.56 Å². The van der Waals surface area contributed by atoms with Crippen LogP contribution < -0.4 is 10.9 Å². The van der Waals surface area contributed by atoms with Crippen molar-refractivity contribution in [3.8, 4) is 0 Å².